The normalized spacial score (nSPS) is 17.4. The maximum absolute atomic E-state index is 12.4. The predicted molar refractivity (Wildman–Crippen MR) is 84.7 cm³/mol. The molecule has 0 aliphatic carbocycles. The molecule has 1 aromatic carbocycles. The van der Waals surface area contributed by atoms with E-state index in [9.17, 15) is 4.57 Å². The Bertz CT molecular complexity index is 528. The smallest absolute Gasteiger partial charge is 0.311 e. The van der Waals surface area contributed by atoms with Crippen LogP contribution in [0.15, 0.2) is 29.0 Å². The van der Waals surface area contributed by atoms with Gasteiger partial charge >= 0.3 is 7.75 Å². The Morgan fingerprint density at radius 1 is 1.30 bits per heavy atom. The molecule has 110 valence electrons. The molecular formula is C12H16ClN2O3PS. The molecule has 2 rings (SSSR count). The van der Waals surface area contributed by atoms with E-state index in [2.05, 4.69) is 4.76 Å². The highest BCUT2D eigenvalue weighted by molar-refractivity contribution is 8.16. The van der Waals surface area contributed by atoms with Crippen LogP contribution in [0.4, 0.5) is 5.69 Å². The van der Waals surface area contributed by atoms with E-state index in [-0.39, 0.29) is 0 Å². The van der Waals surface area contributed by atoms with Gasteiger partial charge in [-0.05, 0) is 38.1 Å². The number of hydrogen-bond acceptors (Lipinski definition) is 4. The first-order chi connectivity index (χ1) is 9.58. The third-order valence-electron chi connectivity index (χ3n) is 2.48. The average Bonchev–Trinajstić information content (AvgIpc) is 2.38. The molecule has 1 saturated heterocycles. The van der Waals surface area contributed by atoms with Gasteiger partial charge < -0.3 is 4.90 Å². The number of hydrogen-bond donors (Lipinski definition) is 0. The van der Waals surface area contributed by atoms with Gasteiger partial charge in [0, 0.05) is 10.7 Å². The second-order valence-corrected chi connectivity index (χ2v) is 6.87. The molecule has 0 spiro atoms. The Kier molecular flexibility index (Phi) is 5.52. The Morgan fingerprint density at radius 2 is 1.90 bits per heavy atom. The highest BCUT2D eigenvalue weighted by Crippen LogP contribution is 2.52. The lowest BCUT2D eigenvalue weighted by Gasteiger charge is -2.34. The maximum atomic E-state index is 12.4. The molecule has 1 fully saturated rings. The van der Waals surface area contributed by atoms with Crippen LogP contribution >= 0.6 is 31.1 Å². The highest BCUT2D eigenvalue weighted by Gasteiger charge is 2.31. The lowest BCUT2D eigenvalue weighted by molar-refractivity contribution is 0.221. The van der Waals surface area contributed by atoms with Crippen molar-refractivity contribution in [2.45, 2.75) is 13.8 Å². The van der Waals surface area contributed by atoms with E-state index < -0.39 is 7.75 Å². The number of amidine groups is 1. The van der Waals surface area contributed by atoms with Crippen LogP contribution < -0.4 is 4.90 Å². The minimum atomic E-state index is -3.41. The first kappa shape index (κ1) is 15.9. The number of anilines is 1. The van der Waals surface area contributed by atoms with Gasteiger partial charge in [-0.3, -0.25) is 9.05 Å². The zero-order chi connectivity index (χ0) is 14.6. The maximum Gasteiger partial charge on any atom is 0.456 e. The Balaban J connectivity index is 2.17. The number of halogens is 1. The molecule has 1 aromatic rings. The summed E-state index contributed by atoms with van der Waals surface area (Å²) in [5.41, 5.74) is 0.950. The van der Waals surface area contributed by atoms with E-state index in [1.165, 1.54) is 11.8 Å². The van der Waals surface area contributed by atoms with Gasteiger partial charge in [-0.15, -0.1) is 0 Å². The average molecular weight is 335 g/mol. The summed E-state index contributed by atoms with van der Waals surface area (Å²) < 4.78 is 26.8. The van der Waals surface area contributed by atoms with E-state index in [4.69, 9.17) is 20.6 Å². The molecule has 1 aliphatic rings. The topological polar surface area (TPSA) is 51.1 Å². The van der Waals surface area contributed by atoms with Gasteiger partial charge in [-0.25, -0.2) is 4.57 Å². The third-order valence-corrected chi connectivity index (χ3v) is 5.43. The van der Waals surface area contributed by atoms with Gasteiger partial charge in [0.05, 0.1) is 19.1 Å². The van der Waals surface area contributed by atoms with Crippen LogP contribution in [0.3, 0.4) is 0 Å². The summed E-state index contributed by atoms with van der Waals surface area (Å²) in [4.78, 5) is 1.94. The number of rotatable bonds is 6. The molecule has 0 bridgehead atoms. The SMILES string of the molecule is CCOP(=O)(/N=C1/SCN1c1ccc(Cl)cc1)OCC. The number of nitrogens with zero attached hydrogens (tertiary/aromatic N) is 2. The second-order valence-electron chi connectivity index (χ2n) is 3.86. The number of thioether (sulfide) groups is 1. The lowest BCUT2D eigenvalue weighted by Crippen LogP contribution is -2.38. The highest BCUT2D eigenvalue weighted by atomic mass is 35.5. The van der Waals surface area contributed by atoms with Crippen molar-refractivity contribution in [2.24, 2.45) is 4.76 Å². The first-order valence-corrected chi connectivity index (χ1v) is 9.09. The Morgan fingerprint density at radius 3 is 2.35 bits per heavy atom. The fourth-order valence-corrected chi connectivity index (χ4v) is 4.05. The van der Waals surface area contributed by atoms with E-state index in [0.29, 0.717) is 23.4 Å². The van der Waals surface area contributed by atoms with Gasteiger partial charge in [-0.1, -0.05) is 23.4 Å². The minimum Gasteiger partial charge on any atom is -0.311 e. The van der Waals surface area contributed by atoms with Gasteiger partial charge in [0.15, 0.2) is 5.17 Å². The van der Waals surface area contributed by atoms with Crippen LogP contribution in [0.25, 0.3) is 0 Å². The van der Waals surface area contributed by atoms with Crippen LogP contribution in [-0.2, 0) is 13.6 Å². The quantitative estimate of drug-likeness (QED) is 0.722. The monoisotopic (exact) mass is 334 g/mol. The van der Waals surface area contributed by atoms with E-state index in [0.717, 1.165) is 11.6 Å². The molecule has 0 radical (unpaired) electrons. The lowest BCUT2D eigenvalue weighted by atomic mass is 10.3. The number of benzene rings is 1. The molecule has 1 heterocycles. The third kappa shape index (κ3) is 3.77. The van der Waals surface area contributed by atoms with Crippen LogP contribution in [0.5, 0.6) is 0 Å². The second kappa shape index (κ2) is 6.96. The van der Waals surface area contributed by atoms with E-state index >= 15 is 0 Å². The summed E-state index contributed by atoms with van der Waals surface area (Å²) >= 11 is 7.37. The molecular weight excluding hydrogens is 319 g/mol. The van der Waals surface area contributed by atoms with Crippen LogP contribution in [0.1, 0.15) is 13.8 Å². The van der Waals surface area contributed by atoms with Gasteiger partial charge in [-0.2, -0.15) is 4.76 Å². The van der Waals surface area contributed by atoms with Gasteiger partial charge in [0.1, 0.15) is 0 Å². The van der Waals surface area contributed by atoms with Crippen molar-refractivity contribution < 1.29 is 13.6 Å². The van der Waals surface area contributed by atoms with Gasteiger partial charge in [0.25, 0.3) is 0 Å². The predicted octanol–water partition coefficient (Wildman–Crippen LogP) is 4.39. The molecule has 0 N–H and O–H groups in total. The molecule has 0 amide bonds. The summed E-state index contributed by atoms with van der Waals surface area (Å²) in [6, 6.07) is 7.40. The summed E-state index contributed by atoms with van der Waals surface area (Å²) in [7, 11) is -3.41. The zero-order valence-electron chi connectivity index (χ0n) is 11.3. The van der Waals surface area contributed by atoms with Crippen molar-refractivity contribution in [3.05, 3.63) is 29.3 Å². The molecule has 20 heavy (non-hydrogen) atoms. The van der Waals surface area contributed by atoms with Crippen molar-refractivity contribution in [2.75, 3.05) is 24.0 Å². The van der Waals surface area contributed by atoms with Crippen molar-refractivity contribution in [3.63, 3.8) is 0 Å². The van der Waals surface area contributed by atoms with E-state index in [1.807, 2.05) is 29.2 Å². The minimum absolute atomic E-state index is 0.291. The van der Waals surface area contributed by atoms with Crippen molar-refractivity contribution in [1.82, 2.24) is 0 Å². The first-order valence-electron chi connectivity index (χ1n) is 6.23. The molecule has 1 aliphatic heterocycles. The van der Waals surface area contributed by atoms with Crippen molar-refractivity contribution in [1.29, 1.82) is 0 Å². The van der Waals surface area contributed by atoms with Gasteiger partial charge in [0.2, 0.25) is 0 Å². The molecule has 0 atom stereocenters. The standard InChI is InChI=1S/C12H16ClN2O3PS/c1-3-17-19(16,18-4-2)14-12-15(9-20-12)11-7-5-10(13)6-8-11/h5-8H,3-4,9H2,1-2H3/b14-12+. The summed E-state index contributed by atoms with van der Waals surface area (Å²) in [5.74, 6) is 0.749. The zero-order valence-corrected chi connectivity index (χ0v) is 13.8. The van der Waals surface area contributed by atoms with E-state index in [1.54, 1.807) is 13.8 Å². The molecule has 0 saturated carbocycles. The fourth-order valence-electron chi connectivity index (χ4n) is 1.60. The van der Waals surface area contributed by atoms with Crippen LogP contribution in [0.2, 0.25) is 5.02 Å². The molecule has 5 nitrogen and oxygen atoms in total. The molecule has 8 heteroatoms. The molecule has 0 unspecified atom stereocenters. The Labute approximate surface area is 127 Å². The summed E-state index contributed by atoms with van der Waals surface area (Å²) in [6.45, 7) is 4.10. The summed E-state index contributed by atoms with van der Waals surface area (Å²) in [5, 5.41) is 1.31. The van der Waals surface area contributed by atoms with Crippen molar-refractivity contribution in [3.8, 4) is 0 Å². The fraction of sp³-hybridized carbons (Fsp3) is 0.417. The van der Waals surface area contributed by atoms with Crippen molar-refractivity contribution >= 4 is 42.0 Å². The summed E-state index contributed by atoms with van der Waals surface area (Å²) in [6.07, 6.45) is 0. The largest absolute Gasteiger partial charge is 0.456 e. The Hall–Kier alpha value is -0.520. The molecule has 0 aromatic heterocycles. The van der Waals surface area contributed by atoms with Crippen LogP contribution in [-0.4, -0.2) is 24.3 Å². The van der Waals surface area contributed by atoms with Crippen LogP contribution in [0, 0.1) is 0 Å².